The first-order chi connectivity index (χ1) is 6.83. The number of rotatable bonds is 5. The molecule has 1 heterocycles. The molecule has 0 aromatic carbocycles. The van der Waals surface area contributed by atoms with Gasteiger partial charge in [-0.1, -0.05) is 5.92 Å². The molecule has 1 aromatic heterocycles. The Morgan fingerprint density at radius 3 is 2.86 bits per heavy atom. The van der Waals surface area contributed by atoms with E-state index in [2.05, 4.69) is 16.2 Å². The molecule has 0 radical (unpaired) electrons. The summed E-state index contributed by atoms with van der Waals surface area (Å²) in [5, 5.41) is 2.85. The molecule has 14 heavy (non-hydrogen) atoms. The predicted octanol–water partition coefficient (Wildman–Crippen LogP) is 0.416. The molecular formula is C11H12N2O. The summed E-state index contributed by atoms with van der Waals surface area (Å²) >= 11 is 0. The Morgan fingerprint density at radius 1 is 1.50 bits per heavy atom. The standard InChI is InChI=1S/C11H12N2O/c1-2-5-13-9-11(14)8-10-3-6-12-7-4-10/h1,3-4,6-7,13H,5,8-9H2. The fourth-order valence-electron chi connectivity index (χ4n) is 1.06. The van der Waals surface area contributed by atoms with Crippen LogP contribution in [0.5, 0.6) is 0 Å². The van der Waals surface area contributed by atoms with Gasteiger partial charge in [-0.05, 0) is 17.7 Å². The molecule has 0 spiro atoms. The van der Waals surface area contributed by atoms with Crippen LogP contribution in [-0.2, 0) is 11.2 Å². The van der Waals surface area contributed by atoms with Gasteiger partial charge in [-0.25, -0.2) is 0 Å². The summed E-state index contributed by atoms with van der Waals surface area (Å²) in [6, 6.07) is 3.66. The van der Waals surface area contributed by atoms with Gasteiger partial charge < -0.3 is 0 Å². The quantitative estimate of drug-likeness (QED) is 0.537. The first-order valence-corrected chi connectivity index (χ1v) is 4.37. The molecule has 3 nitrogen and oxygen atoms in total. The molecular weight excluding hydrogens is 176 g/mol. The lowest BCUT2D eigenvalue weighted by Crippen LogP contribution is -2.24. The summed E-state index contributed by atoms with van der Waals surface area (Å²) in [5.41, 5.74) is 0.979. The van der Waals surface area contributed by atoms with Crippen LogP contribution in [-0.4, -0.2) is 23.9 Å². The van der Waals surface area contributed by atoms with Crippen molar-refractivity contribution in [3.05, 3.63) is 30.1 Å². The first-order valence-electron chi connectivity index (χ1n) is 4.37. The molecule has 0 atom stereocenters. The van der Waals surface area contributed by atoms with Crippen LogP contribution in [0.3, 0.4) is 0 Å². The van der Waals surface area contributed by atoms with Crippen molar-refractivity contribution in [3.8, 4) is 12.3 Å². The van der Waals surface area contributed by atoms with Gasteiger partial charge in [0.1, 0.15) is 0 Å². The minimum Gasteiger partial charge on any atom is -0.299 e. The van der Waals surface area contributed by atoms with Crippen molar-refractivity contribution >= 4 is 5.78 Å². The number of carbonyl (C=O) groups is 1. The van der Waals surface area contributed by atoms with Gasteiger partial charge in [0.2, 0.25) is 0 Å². The second kappa shape index (κ2) is 5.90. The van der Waals surface area contributed by atoms with E-state index in [9.17, 15) is 4.79 Å². The number of hydrogen-bond acceptors (Lipinski definition) is 3. The van der Waals surface area contributed by atoms with E-state index in [1.807, 2.05) is 12.1 Å². The van der Waals surface area contributed by atoms with Gasteiger partial charge in [0.05, 0.1) is 13.1 Å². The van der Waals surface area contributed by atoms with Crippen LogP contribution in [0.15, 0.2) is 24.5 Å². The molecule has 0 saturated carbocycles. The van der Waals surface area contributed by atoms with Crippen molar-refractivity contribution in [1.29, 1.82) is 0 Å². The monoisotopic (exact) mass is 188 g/mol. The summed E-state index contributed by atoms with van der Waals surface area (Å²) in [4.78, 5) is 15.2. The lowest BCUT2D eigenvalue weighted by molar-refractivity contribution is -0.117. The number of hydrogen-bond donors (Lipinski definition) is 1. The SMILES string of the molecule is C#CCNCC(=O)Cc1ccncc1. The van der Waals surface area contributed by atoms with Crippen LogP contribution < -0.4 is 5.32 Å². The number of nitrogens with zero attached hydrogens (tertiary/aromatic N) is 1. The number of aromatic nitrogens is 1. The number of Topliss-reactive ketones (excluding diaryl/α,β-unsaturated/α-hetero) is 1. The topological polar surface area (TPSA) is 42.0 Å². The van der Waals surface area contributed by atoms with Crippen LogP contribution in [0, 0.1) is 12.3 Å². The van der Waals surface area contributed by atoms with Gasteiger partial charge in [0.15, 0.2) is 5.78 Å². The molecule has 0 bridgehead atoms. The molecule has 1 N–H and O–H groups in total. The zero-order valence-corrected chi connectivity index (χ0v) is 7.86. The maximum atomic E-state index is 11.3. The van der Waals surface area contributed by atoms with Gasteiger partial charge in [-0.3, -0.25) is 15.1 Å². The van der Waals surface area contributed by atoms with Gasteiger partial charge in [-0.2, -0.15) is 0 Å². The fraction of sp³-hybridized carbons (Fsp3) is 0.273. The third-order valence-corrected chi connectivity index (χ3v) is 1.70. The molecule has 3 heteroatoms. The second-order valence-electron chi connectivity index (χ2n) is 2.88. The molecule has 0 fully saturated rings. The van der Waals surface area contributed by atoms with Crippen LogP contribution >= 0.6 is 0 Å². The zero-order valence-electron chi connectivity index (χ0n) is 7.86. The lowest BCUT2D eigenvalue weighted by Gasteiger charge is -2.00. The third kappa shape index (κ3) is 3.83. The van der Waals surface area contributed by atoms with E-state index in [0.29, 0.717) is 19.5 Å². The van der Waals surface area contributed by atoms with Crippen LogP contribution in [0.25, 0.3) is 0 Å². The maximum absolute atomic E-state index is 11.3. The van der Waals surface area contributed by atoms with Crippen LogP contribution in [0.1, 0.15) is 5.56 Å². The Kier molecular flexibility index (Phi) is 4.39. The average Bonchev–Trinajstić information content (AvgIpc) is 2.20. The Bertz CT molecular complexity index is 327. The van der Waals surface area contributed by atoms with Crippen molar-refractivity contribution in [2.24, 2.45) is 0 Å². The number of ketones is 1. The normalized spacial score (nSPS) is 9.36. The van der Waals surface area contributed by atoms with Crippen LogP contribution in [0.2, 0.25) is 0 Å². The van der Waals surface area contributed by atoms with Gasteiger partial charge in [0, 0.05) is 18.8 Å². The molecule has 0 aliphatic heterocycles. The average molecular weight is 188 g/mol. The Labute approximate surface area is 83.6 Å². The Morgan fingerprint density at radius 2 is 2.21 bits per heavy atom. The first kappa shape index (κ1) is 10.4. The minimum atomic E-state index is 0.131. The zero-order chi connectivity index (χ0) is 10.2. The number of pyridine rings is 1. The molecule has 0 aliphatic rings. The van der Waals surface area contributed by atoms with E-state index in [-0.39, 0.29) is 5.78 Å². The van der Waals surface area contributed by atoms with Crippen molar-refractivity contribution in [2.45, 2.75) is 6.42 Å². The highest BCUT2D eigenvalue weighted by atomic mass is 16.1. The smallest absolute Gasteiger partial charge is 0.150 e. The highest BCUT2D eigenvalue weighted by Gasteiger charge is 2.01. The van der Waals surface area contributed by atoms with Crippen molar-refractivity contribution in [3.63, 3.8) is 0 Å². The Hall–Kier alpha value is -1.66. The second-order valence-corrected chi connectivity index (χ2v) is 2.88. The summed E-state index contributed by atoms with van der Waals surface area (Å²) in [7, 11) is 0. The van der Waals surface area contributed by atoms with Gasteiger partial charge in [-0.15, -0.1) is 6.42 Å². The largest absolute Gasteiger partial charge is 0.299 e. The van der Waals surface area contributed by atoms with E-state index in [1.54, 1.807) is 12.4 Å². The summed E-state index contributed by atoms with van der Waals surface area (Å²) < 4.78 is 0. The number of terminal acetylenes is 1. The highest BCUT2D eigenvalue weighted by Crippen LogP contribution is 1.97. The third-order valence-electron chi connectivity index (χ3n) is 1.70. The maximum Gasteiger partial charge on any atom is 0.150 e. The number of nitrogens with one attached hydrogen (secondary N) is 1. The molecule has 0 saturated heterocycles. The Balaban J connectivity index is 2.32. The predicted molar refractivity (Wildman–Crippen MR) is 54.7 cm³/mol. The fourth-order valence-corrected chi connectivity index (χ4v) is 1.06. The summed E-state index contributed by atoms with van der Waals surface area (Å²) in [6.07, 6.45) is 8.82. The lowest BCUT2D eigenvalue weighted by atomic mass is 10.1. The molecule has 0 unspecified atom stereocenters. The van der Waals surface area contributed by atoms with Crippen molar-refractivity contribution in [2.75, 3.05) is 13.1 Å². The van der Waals surface area contributed by atoms with Crippen molar-refractivity contribution < 1.29 is 4.79 Å². The van der Waals surface area contributed by atoms with E-state index in [1.165, 1.54) is 0 Å². The van der Waals surface area contributed by atoms with E-state index < -0.39 is 0 Å². The summed E-state index contributed by atoms with van der Waals surface area (Å²) in [6.45, 7) is 0.759. The van der Waals surface area contributed by atoms with Gasteiger partial charge >= 0.3 is 0 Å². The van der Waals surface area contributed by atoms with E-state index >= 15 is 0 Å². The minimum absolute atomic E-state index is 0.131. The molecule has 0 amide bonds. The van der Waals surface area contributed by atoms with Crippen LogP contribution in [0.4, 0.5) is 0 Å². The van der Waals surface area contributed by atoms with Gasteiger partial charge in [0.25, 0.3) is 0 Å². The molecule has 1 aromatic rings. The van der Waals surface area contributed by atoms with E-state index in [0.717, 1.165) is 5.56 Å². The highest BCUT2D eigenvalue weighted by molar-refractivity contribution is 5.82. The molecule has 0 aliphatic carbocycles. The molecule has 1 rings (SSSR count). The van der Waals surface area contributed by atoms with Crippen molar-refractivity contribution in [1.82, 2.24) is 10.3 Å². The molecule has 72 valence electrons. The number of carbonyl (C=O) groups excluding carboxylic acids is 1. The summed E-state index contributed by atoms with van der Waals surface area (Å²) in [5.74, 6) is 2.54. The van der Waals surface area contributed by atoms with E-state index in [4.69, 9.17) is 6.42 Å².